The fraction of sp³-hybridized carbons (Fsp3) is 0.875. The maximum atomic E-state index is 12.0. The highest BCUT2D eigenvalue weighted by atomic mass is 32.2. The summed E-state index contributed by atoms with van der Waals surface area (Å²) < 4.78 is 47.2. The van der Waals surface area contributed by atoms with Crippen LogP contribution in [0.5, 0.6) is 0 Å². The third-order valence-electron chi connectivity index (χ3n) is 1.96. The molecule has 0 saturated carbocycles. The summed E-state index contributed by atoms with van der Waals surface area (Å²) in [7, 11) is 2.91. The zero-order valence-corrected chi connectivity index (χ0v) is 10.7. The summed E-state index contributed by atoms with van der Waals surface area (Å²) in [6.45, 7) is 0.217. The summed E-state index contributed by atoms with van der Waals surface area (Å²) in [5.74, 6) is -0.130. The van der Waals surface area contributed by atoms with Gasteiger partial charge in [0.1, 0.15) is 0 Å². The van der Waals surface area contributed by atoms with Gasteiger partial charge in [0.05, 0.1) is 13.0 Å². The Bertz CT molecular complexity index is 356. The van der Waals surface area contributed by atoms with E-state index in [-0.39, 0.29) is 12.3 Å². The molecule has 1 heterocycles. The maximum Gasteiger partial charge on any atom is 0.389 e. The predicted octanol–water partition coefficient (Wildman–Crippen LogP) is 1.34. The molecular formula is C8H13F3N4O2S. The third kappa shape index (κ3) is 5.19. The summed E-state index contributed by atoms with van der Waals surface area (Å²) in [5, 5.41) is 11.0. The number of hydrogen-bond acceptors (Lipinski definition) is 6. The van der Waals surface area contributed by atoms with E-state index in [1.165, 1.54) is 18.9 Å². The van der Waals surface area contributed by atoms with Crippen molar-refractivity contribution < 1.29 is 22.6 Å². The number of aromatic nitrogens is 4. The molecule has 0 radical (unpaired) electrons. The average Bonchev–Trinajstić information content (AvgIpc) is 2.72. The lowest BCUT2D eigenvalue weighted by Crippen LogP contribution is -2.22. The minimum Gasteiger partial charge on any atom is -0.354 e. The molecule has 1 aromatic rings. The Hall–Kier alpha value is -0.870. The lowest BCUT2D eigenvalue weighted by Gasteiger charge is -2.13. The van der Waals surface area contributed by atoms with Crippen LogP contribution in [0, 0.1) is 0 Å². The smallest absolute Gasteiger partial charge is 0.354 e. The van der Waals surface area contributed by atoms with Gasteiger partial charge in [-0.2, -0.15) is 13.2 Å². The molecule has 0 aliphatic heterocycles. The van der Waals surface area contributed by atoms with Gasteiger partial charge in [0, 0.05) is 20.0 Å². The van der Waals surface area contributed by atoms with Crippen molar-refractivity contribution in [2.75, 3.05) is 20.0 Å². The number of methoxy groups -OCH3 is 2. The van der Waals surface area contributed by atoms with Crippen LogP contribution >= 0.6 is 11.8 Å². The second kappa shape index (κ2) is 6.90. The number of rotatable bonds is 7. The van der Waals surface area contributed by atoms with E-state index in [4.69, 9.17) is 9.47 Å². The van der Waals surface area contributed by atoms with Crippen molar-refractivity contribution in [1.82, 2.24) is 20.2 Å². The number of ether oxygens (including phenoxy) is 2. The van der Waals surface area contributed by atoms with E-state index in [1.54, 1.807) is 0 Å². The molecule has 0 bridgehead atoms. The van der Waals surface area contributed by atoms with Crippen LogP contribution in [0.2, 0.25) is 0 Å². The number of tetrazole rings is 1. The molecule has 0 aliphatic carbocycles. The van der Waals surface area contributed by atoms with Crippen LogP contribution < -0.4 is 0 Å². The molecule has 0 atom stereocenters. The summed E-state index contributed by atoms with van der Waals surface area (Å²) in [6, 6.07) is 0. The van der Waals surface area contributed by atoms with Crippen molar-refractivity contribution in [3.05, 3.63) is 0 Å². The van der Waals surface area contributed by atoms with Gasteiger partial charge < -0.3 is 9.47 Å². The molecule has 1 aromatic heterocycles. The van der Waals surface area contributed by atoms with Crippen molar-refractivity contribution in [2.24, 2.45) is 0 Å². The molecule has 0 unspecified atom stereocenters. The van der Waals surface area contributed by atoms with Crippen molar-refractivity contribution in [3.8, 4) is 0 Å². The quantitative estimate of drug-likeness (QED) is 0.557. The van der Waals surface area contributed by atoms with Crippen molar-refractivity contribution in [2.45, 2.75) is 30.6 Å². The first-order chi connectivity index (χ1) is 8.46. The molecule has 1 rings (SSSR count). The normalized spacial score (nSPS) is 12.3. The van der Waals surface area contributed by atoms with E-state index < -0.39 is 18.9 Å². The first-order valence-corrected chi connectivity index (χ1v) is 5.96. The van der Waals surface area contributed by atoms with E-state index in [0.717, 1.165) is 11.8 Å². The number of alkyl halides is 3. The van der Waals surface area contributed by atoms with Gasteiger partial charge in [-0.15, -0.1) is 5.10 Å². The maximum absolute atomic E-state index is 12.0. The number of thioether (sulfide) groups is 1. The second-order valence-corrected chi connectivity index (χ2v) is 4.32. The first kappa shape index (κ1) is 15.2. The van der Waals surface area contributed by atoms with Crippen LogP contribution in [0.1, 0.15) is 6.42 Å². The molecule has 0 spiro atoms. The second-order valence-electron chi connectivity index (χ2n) is 3.26. The first-order valence-electron chi connectivity index (χ1n) is 4.97. The summed E-state index contributed by atoms with van der Waals surface area (Å²) in [4.78, 5) is 0. The van der Waals surface area contributed by atoms with Gasteiger partial charge in [0.2, 0.25) is 5.16 Å². The molecule has 0 aliphatic rings. The van der Waals surface area contributed by atoms with Crippen molar-refractivity contribution in [3.63, 3.8) is 0 Å². The highest BCUT2D eigenvalue weighted by Gasteiger charge is 2.27. The van der Waals surface area contributed by atoms with Gasteiger partial charge in [0.25, 0.3) is 0 Å². The molecular weight excluding hydrogens is 273 g/mol. The molecule has 0 fully saturated rings. The van der Waals surface area contributed by atoms with Crippen LogP contribution in [0.15, 0.2) is 5.16 Å². The number of hydrogen-bond donors (Lipinski definition) is 0. The van der Waals surface area contributed by atoms with E-state index >= 15 is 0 Å². The Morgan fingerprint density at radius 3 is 2.56 bits per heavy atom. The Kier molecular flexibility index (Phi) is 5.82. The van der Waals surface area contributed by atoms with Crippen LogP contribution in [0.4, 0.5) is 13.2 Å². The molecule has 18 heavy (non-hydrogen) atoms. The van der Waals surface area contributed by atoms with Gasteiger partial charge in [-0.25, -0.2) is 4.68 Å². The minimum absolute atomic E-state index is 0.130. The van der Waals surface area contributed by atoms with E-state index in [9.17, 15) is 13.2 Å². The molecule has 104 valence electrons. The standard InChI is InChI=1S/C8H13F3N4O2S/c1-16-6(17-2)5-15-7(12-13-14-15)18-4-3-8(9,10)11/h6H,3-5H2,1-2H3. The van der Waals surface area contributed by atoms with Gasteiger partial charge >= 0.3 is 6.18 Å². The lowest BCUT2D eigenvalue weighted by molar-refractivity contribution is -0.129. The Balaban J connectivity index is 2.49. The van der Waals surface area contributed by atoms with Crippen LogP contribution in [0.25, 0.3) is 0 Å². The van der Waals surface area contributed by atoms with Gasteiger partial charge in [-0.3, -0.25) is 0 Å². The van der Waals surface area contributed by atoms with E-state index in [2.05, 4.69) is 15.5 Å². The molecule has 6 nitrogen and oxygen atoms in total. The van der Waals surface area contributed by atoms with Crippen LogP contribution in [-0.2, 0) is 16.0 Å². The predicted molar refractivity (Wildman–Crippen MR) is 57.0 cm³/mol. The van der Waals surface area contributed by atoms with E-state index in [0.29, 0.717) is 5.16 Å². The number of halogens is 3. The van der Waals surface area contributed by atoms with Crippen LogP contribution in [0.3, 0.4) is 0 Å². The molecule has 0 amide bonds. The van der Waals surface area contributed by atoms with Crippen LogP contribution in [-0.4, -0.2) is 52.6 Å². The highest BCUT2D eigenvalue weighted by molar-refractivity contribution is 7.99. The molecule has 10 heteroatoms. The molecule has 0 aromatic carbocycles. The lowest BCUT2D eigenvalue weighted by atomic mass is 10.5. The Morgan fingerprint density at radius 2 is 2.00 bits per heavy atom. The monoisotopic (exact) mass is 286 g/mol. The third-order valence-corrected chi connectivity index (χ3v) is 2.92. The fourth-order valence-corrected chi connectivity index (χ4v) is 1.93. The highest BCUT2D eigenvalue weighted by Crippen LogP contribution is 2.24. The van der Waals surface area contributed by atoms with Gasteiger partial charge in [0.15, 0.2) is 6.29 Å². The summed E-state index contributed by atoms with van der Waals surface area (Å²) >= 11 is 0.939. The summed E-state index contributed by atoms with van der Waals surface area (Å²) in [6.07, 6.45) is -5.61. The van der Waals surface area contributed by atoms with Gasteiger partial charge in [-0.1, -0.05) is 11.8 Å². The number of nitrogens with zero attached hydrogens (tertiary/aromatic N) is 4. The molecule has 0 N–H and O–H groups in total. The van der Waals surface area contributed by atoms with Gasteiger partial charge in [-0.05, 0) is 10.4 Å². The van der Waals surface area contributed by atoms with Crippen molar-refractivity contribution in [1.29, 1.82) is 0 Å². The Labute approximate surface area is 106 Å². The Morgan fingerprint density at radius 1 is 1.33 bits per heavy atom. The largest absolute Gasteiger partial charge is 0.389 e. The summed E-state index contributed by atoms with van der Waals surface area (Å²) in [5.41, 5.74) is 0. The SMILES string of the molecule is COC(Cn1nnnc1SCCC(F)(F)F)OC. The fourth-order valence-electron chi connectivity index (χ4n) is 1.06. The zero-order valence-electron chi connectivity index (χ0n) is 9.85. The topological polar surface area (TPSA) is 62.1 Å². The minimum atomic E-state index is -4.17. The molecule has 0 saturated heterocycles. The van der Waals surface area contributed by atoms with E-state index in [1.807, 2.05) is 0 Å². The zero-order chi connectivity index (χ0) is 13.6. The average molecular weight is 286 g/mol. The van der Waals surface area contributed by atoms with Crippen molar-refractivity contribution >= 4 is 11.8 Å².